The van der Waals surface area contributed by atoms with Crippen LogP contribution in [-0.2, 0) is 6.54 Å². The average molecular weight is 233 g/mol. The molecule has 0 amide bonds. The lowest BCUT2D eigenvalue weighted by atomic mass is 10.1. The fourth-order valence-corrected chi connectivity index (χ4v) is 2.23. The number of hydrogen-bond acceptors (Lipinski definition) is 3. The van der Waals surface area contributed by atoms with E-state index in [0.717, 1.165) is 23.4 Å². The molecule has 16 heavy (non-hydrogen) atoms. The first-order valence-corrected chi connectivity index (χ1v) is 6.11. The minimum absolute atomic E-state index is 0.360. The van der Waals surface area contributed by atoms with Crippen LogP contribution in [0, 0.1) is 13.8 Å². The van der Waals surface area contributed by atoms with Crippen LogP contribution in [0.4, 0.5) is 5.69 Å². The van der Waals surface area contributed by atoms with Gasteiger partial charge in [0, 0.05) is 17.1 Å². The van der Waals surface area contributed by atoms with Crippen molar-refractivity contribution >= 4 is 17.0 Å². The molecule has 84 valence electrons. The number of anilines is 1. The zero-order chi connectivity index (χ0) is 11.5. The molecule has 0 aliphatic heterocycles. The van der Waals surface area contributed by atoms with Crippen molar-refractivity contribution in [1.82, 2.24) is 0 Å². The van der Waals surface area contributed by atoms with E-state index in [1.54, 1.807) is 17.4 Å². The van der Waals surface area contributed by atoms with Gasteiger partial charge in [-0.2, -0.15) is 0 Å². The molecule has 0 bridgehead atoms. The van der Waals surface area contributed by atoms with E-state index < -0.39 is 0 Å². The van der Waals surface area contributed by atoms with Crippen LogP contribution in [0.1, 0.15) is 16.0 Å². The monoisotopic (exact) mass is 233 g/mol. The van der Waals surface area contributed by atoms with Gasteiger partial charge in [0.1, 0.15) is 5.75 Å². The predicted octanol–water partition coefficient (Wildman–Crippen LogP) is 3.68. The number of hydrogen-bond donors (Lipinski definition) is 2. The summed E-state index contributed by atoms with van der Waals surface area (Å²) in [5.41, 5.74) is 3.06. The third kappa shape index (κ3) is 2.36. The lowest BCUT2D eigenvalue weighted by Gasteiger charge is -2.10. The summed E-state index contributed by atoms with van der Waals surface area (Å²) in [6, 6.07) is 7.95. The Kier molecular flexibility index (Phi) is 3.15. The molecular formula is C13H15NOS. The van der Waals surface area contributed by atoms with Crippen molar-refractivity contribution in [3.8, 4) is 5.75 Å². The molecule has 2 rings (SSSR count). The molecule has 0 unspecified atom stereocenters. The fourth-order valence-electron chi connectivity index (χ4n) is 1.59. The summed E-state index contributed by atoms with van der Waals surface area (Å²) >= 11 is 1.74. The second-order valence-electron chi connectivity index (χ2n) is 3.89. The molecule has 0 aliphatic carbocycles. The van der Waals surface area contributed by atoms with Crippen molar-refractivity contribution in [2.45, 2.75) is 20.4 Å². The van der Waals surface area contributed by atoms with Crippen LogP contribution in [-0.4, -0.2) is 5.11 Å². The van der Waals surface area contributed by atoms with Crippen molar-refractivity contribution in [3.05, 3.63) is 45.6 Å². The summed E-state index contributed by atoms with van der Waals surface area (Å²) in [7, 11) is 0. The molecule has 2 aromatic rings. The standard InChI is InChI=1S/C13H15NOS/c1-9-7-13(15)10(2)6-12(9)14-8-11-4-3-5-16-11/h3-7,14-15H,8H2,1-2H3. The zero-order valence-electron chi connectivity index (χ0n) is 9.45. The quantitative estimate of drug-likeness (QED) is 0.793. The molecule has 0 spiro atoms. The van der Waals surface area contributed by atoms with E-state index in [4.69, 9.17) is 0 Å². The van der Waals surface area contributed by atoms with E-state index in [1.165, 1.54) is 4.88 Å². The number of benzene rings is 1. The van der Waals surface area contributed by atoms with Crippen molar-refractivity contribution < 1.29 is 5.11 Å². The Morgan fingerprint density at radius 1 is 1.25 bits per heavy atom. The first kappa shape index (κ1) is 11.0. The molecule has 1 aromatic carbocycles. The molecule has 0 saturated heterocycles. The Morgan fingerprint density at radius 3 is 2.75 bits per heavy atom. The van der Waals surface area contributed by atoms with Crippen molar-refractivity contribution in [1.29, 1.82) is 0 Å². The zero-order valence-corrected chi connectivity index (χ0v) is 10.3. The lowest BCUT2D eigenvalue weighted by Crippen LogP contribution is -1.99. The normalized spacial score (nSPS) is 10.4. The summed E-state index contributed by atoms with van der Waals surface area (Å²) in [5.74, 6) is 0.360. The number of phenolic OH excluding ortho intramolecular Hbond substituents is 1. The highest BCUT2D eigenvalue weighted by Crippen LogP contribution is 2.25. The minimum Gasteiger partial charge on any atom is -0.508 e. The van der Waals surface area contributed by atoms with Gasteiger partial charge < -0.3 is 10.4 Å². The van der Waals surface area contributed by atoms with Crippen LogP contribution in [0.15, 0.2) is 29.6 Å². The highest BCUT2D eigenvalue weighted by Gasteiger charge is 2.03. The average Bonchev–Trinajstić information content (AvgIpc) is 2.74. The SMILES string of the molecule is Cc1cc(NCc2cccs2)c(C)cc1O. The van der Waals surface area contributed by atoms with Gasteiger partial charge in [-0.1, -0.05) is 6.07 Å². The molecule has 0 fully saturated rings. The van der Waals surface area contributed by atoms with E-state index in [9.17, 15) is 5.11 Å². The van der Waals surface area contributed by atoms with E-state index in [-0.39, 0.29) is 0 Å². The van der Waals surface area contributed by atoms with Gasteiger partial charge in [-0.15, -0.1) is 11.3 Å². The second kappa shape index (κ2) is 4.58. The van der Waals surface area contributed by atoms with Crippen LogP contribution in [0.2, 0.25) is 0 Å². The largest absolute Gasteiger partial charge is 0.508 e. The van der Waals surface area contributed by atoms with E-state index in [0.29, 0.717) is 5.75 Å². The van der Waals surface area contributed by atoms with Crippen molar-refractivity contribution in [2.75, 3.05) is 5.32 Å². The number of thiophene rings is 1. The summed E-state index contributed by atoms with van der Waals surface area (Å²) in [5, 5.41) is 15.0. The van der Waals surface area contributed by atoms with Crippen LogP contribution >= 0.6 is 11.3 Å². The Morgan fingerprint density at radius 2 is 2.06 bits per heavy atom. The van der Waals surface area contributed by atoms with E-state index in [2.05, 4.69) is 22.8 Å². The van der Waals surface area contributed by atoms with Crippen molar-refractivity contribution in [2.24, 2.45) is 0 Å². The van der Waals surface area contributed by atoms with Crippen LogP contribution < -0.4 is 5.32 Å². The summed E-state index contributed by atoms with van der Waals surface area (Å²) in [4.78, 5) is 1.31. The summed E-state index contributed by atoms with van der Waals surface area (Å²) < 4.78 is 0. The number of phenols is 1. The van der Waals surface area contributed by atoms with Crippen LogP contribution in [0.25, 0.3) is 0 Å². The predicted molar refractivity (Wildman–Crippen MR) is 69.2 cm³/mol. The topological polar surface area (TPSA) is 32.3 Å². The Balaban J connectivity index is 2.12. The molecule has 2 N–H and O–H groups in total. The molecule has 0 saturated carbocycles. The first-order valence-electron chi connectivity index (χ1n) is 5.23. The smallest absolute Gasteiger partial charge is 0.118 e. The summed E-state index contributed by atoms with van der Waals surface area (Å²) in [6.07, 6.45) is 0. The van der Waals surface area contributed by atoms with Gasteiger partial charge in [0.05, 0.1) is 0 Å². The first-order chi connectivity index (χ1) is 7.66. The Bertz CT molecular complexity index is 477. The molecule has 1 heterocycles. The molecule has 0 atom stereocenters. The second-order valence-corrected chi connectivity index (χ2v) is 4.92. The molecule has 1 aromatic heterocycles. The highest BCUT2D eigenvalue weighted by atomic mass is 32.1. The minimum atomic E-state index is 0.360. The fraction of sp³-hybridized carbons (Fsp3) is 0.231. The van der Waals surface area contributed by atoms with E-state index >= 15 is 0 Å². The number of nitrogens with one attached hydrogen (secondary N) is 1. The molecule has 3 heteroatoms. The lowest BCUT2D eigenvalue weighted by molar-refractivity contribution is 0.471. The van der Waals surface area contributed by atoms with Gasteiger partial charge in [0.2, 0.25) is 0 Å². The van der Waals surface area contributed by atoms with Gasteiger partial charge in [0.25, 0.3) is 0 Å². The molecule has 0 aliphatic rings. The van der Waals surface area contributed by atoms with Gasteiger partial charge >= 0.3 is 0 Å². The number of aromatic hydroxyl groups is 1. The maximum Gasteiger partial charge on any atom is 0.118 e. The van der Waals surface area contributed by atoms with Crippen LogP contribution in [0.3, 0.4) is 0 Å². The maximum atomic E-state index is 9.55. The van der Waals surface area contributed by atoms with Crippen molar-refractivity contribution in [3.63, 3.8) is 0 Å². The maximum absolute atomic E-state index is 9.55. The number of rotatable bonds is 3. The summed E-state index contributed by atoms with van der Waals surface area (Å²) in [6.45, 7) is 4.74. The third-order valence-corrected chi connectivity index (χ3v) is 3.45. The Hall–Kier alpha value is -1.48. The molecular weight excluding hydrogens is 218 g/mol. The van der Waals surface area contributed by atoms with E-state index in [1.807, 2.05) is 19.9 Å². The van der Waals surface area contributed by atoms with Gasteiger partial charge in [-0.25, -0.2) is 0 Å². The third-order valence-electron chi connectivity index (χ3n) is 2.58. The highest BCUT2D eigenvalue weighted by molar-refractivity contribution is 7.09. The number of aryl methyl sites for hydroxylation is 2. The van der Waals surface area contributed by atoms with Crippen LogP contribution in [0.5, 0.6) is 5.75 Å². The molecule has 2 nitrogen and oxygen atoms in total. The molecule has 0 radical (unpaired) electrons. The Labute approximate surface area is 99.6 Å². The van der Waals surface area contributed by atoms with Gasteiger partial charge in [-0.3, -0.25) is 0 Å². The van der Waals surface area contributed by atoms with Gasteiger partial charge in [0.15, 0.2) is 0 Å². The van der Waals surface area contributed by atoms with Gasteiger partial charge in [-0.05, 0) is 48.6 Å².